The zero-order chi connectivity index (χ0) is 17.1. The molecule has 0 aliphatic rings. The second-order valence-corrected chi connectivity index (χ2v) is 7.03. The van der Waals surface area contributed by atoms with Gasteiger partial charge in [0, 0.05) is 12.1 Å². The first kappa shape index (κ1) is 18.1. The maximum atomic E-state index is 12.3. The molecular weight excluding hydrogens is 312 g/mol. The molecule has 2 N–H and O–H groups in total. The highest BCUT2D eigenvalue weighted by Crippen LogP contribution is 2.22. The predicted molar refractivity (Wildman–Crippen MR) is 79.0 cm³/mol. The summed E-state index contributed by atoms with van der Waals surface area (Å²) < 4.78 is 26.8. The Kier molecular flexibility index (Phi) is 5.61. The lowest BCUT2D eigenvalue weighted by Gasteiger charge is -2.17. The van der Waals surface area contributed by atoms with Gasteiger partial charge in [0.2, 0.25) is 10.0 Å². The van der Waals surface area contributed by atoms with E-state index in [2.05, 4.69) is 4.72 Å². The number of aryl methyl sites for hydroxylation is 1. The van der Waals surface area contributed by atoms with Crippen molar-refractivity contribution >= 4 is 21.7 Å². The fraction of sp³-hybridized carbons (Fsp3) is 0.462. The number of carbonyl (C=O) groups is 1. The molecule has 1 aromatic carbocycles. The number of non-ortho nitro benzene ring substituents is 1. The number of nitrogens with zero attached hydrogens (tertiary/aromatic N) is 1. The fourth-order valence-electron chi connectivity index (χ4n) is 1.91. The number of hydrogen-bond donors (Lipinski definition) is 2. The Labute approximate surface area is 128 Å². The van der Waals surface area contributed by atoms with Crippen LogP contribution in [-0.4, -0.2) is 30.5 Å². The number of hydrogen-bond acceptors (Lipinski definition) is 5. The van der Waals surface area contributed by atoms with Crippen LogP contribution in [0.4, 0.5) is 5.69 Å². The highest BCUT2D eigenvalue weighted by Gasteiger charge is 2.28. The summed E-state index contributed by atoms with van der Waals surface area (Å²) in [6.07, 6.45) is 0.114. The van der Waals surface area contributed by atoms with Crippen LogP contribution in [0.2, 0.25) is 0 Å². The van der Waals surface area contributed by atoms with Gasteiger partial charge >= 0.3 is 5.97 Å². The Morgan fingerprint density at radius 3 is 2.45 bits per heavy atom. The number of carboxylic acids is 1. The highest BCUT2D eigenvalue weighted by atomic mass is 32.2. The molecule has 0 aliphatic heterocycles. The van der Waals surface area contributed by atoms with Gasteiger partial charge < -0.3 is 5.11 Å². The van der Waals surface area contributed by atoms with E-state index in [-0.39, 0.29) is 22.9 Å². The van der Waals surface area contributed by atoms with E-state index in [1.54, 1.807) is 13.8 Å². The lowest BCUT2D eigenvalue weighted by Crippen LogP contribution is -2.41. The van der Waals surface area contributed by atoms with Gasteiger partial charge in [-0.1, -0.05) is 19.9 Å². The largest absolute Gasteiger partial charge is 0.480 e. The van der Waals surface area contributed by atoms with Crippen molar-refractivity contribution in [1.82, 2.24) is 4.72 Å². The molecule has 0 fully saturated rings. The average Bonchev–Trinajstić information content (AvgIpc) is 2.36. The Hall–Kier alpha value is -2.00. The summed E-state index contributed by atoms with van der Waals surface area (Å²) in [6.45, 7) is 5.02. The fourth-order valence-corrected chi connectivity index (χ4v) is 3.38. The number of rotatable bonds is 7. The molecule has 0 spiro atoms. The van der Waals surface area contributed by atoms with E-state index in [0.29, 0.717) is 5.56 Å². The number of aliphatic carboxylic acids is 1. The molecule has 0 aliphatic carbocycles. The monoisotopic (exact) mass is 330 g/mol. The van der Waals surface area contributed by atoms with Crippen molar-refractivity contribution in [3.05, 3.63) is 33.9 Å². The summed E-state index contributed by atoms with van der Waals surface area (Å²) in [5.41, 5.74) is -0.0755. The predicted octanol–water partition coefficient (Wildman–Crippen LogP) is 1.68. The lowest BCUT2D eigenvalue weighted by molar-refractivity contribution is -0.385. The van der Waals surface area contributed by atoms with E-state index < -0.39 is 27.0 Å². The number of nitro benzene ring substituents is 1. The maximum absolute atomic E-state index is 12.3. The molecule has 0 amide bonds. The van der Waals surface area contributed by atoms with E-state index in [1.807, 2.05) is 0 Å². The SMILES string of the molecule is Cc1ccc([N+](=O)[O-])cc1S(=O)(=O)N[C@@H](CC(C)C)C(=O)O. The Morgan fingerprint density at radius 2 is 2.00 bits per heavy atom. The minimum atomic E-state index is -4.17. The van der Waals surface area contributed by atoms with Gasteiger partial charge in [0.05, 0.1) is 9.82 Å². The number of nitro groups is 1. The van der Waals surface area contributed by atoms with Gasteiger partial charge in [0.15, 0.2) is 0 Å². The standard InChI is InChI=1S/C13H18N2O6S/c1-8(2)6-11(13(16)17)14-22(20,21)12-7-10(15(18)19)5-4-9(12)3/h4-5,7-8,11,14H,6H2,1-3H3,(H,16,17)/t11-/m0/s1. The smallest absolute Gasteiger partial charge is 0.321 e. The second-order valence-electron chi connectivity index (χ2n) is 5.35. The molecule has 22 heavy (non-hydrogen) atoms. The zero-order valence-corrected chi connectivity index (χ0v) is 13.3. The van der Waals surface area contributed by atoms with Crippen LogP contribution >= 0.6 is 0 Å². The first-order valence-electron chi connectivity index (χ1n) is 6.54. The van der Waals surface area contributed by atoms with Gasteiger partial charge in [-0.15, -0.1) is 0 Å². The average molecular weight is 330 g/mol. The third-order valence-electron chi connectivity index (χ3n) is 2.97. The van der Waals surface area contributed by atoms with Crippen molar-refractivity contribution in [2.45, 2.75) is 38.1 Å². The molecule has 0 unspecified atom stereocenters. The van der Waals surface area contributed by atoms with E-state index in [0.717, 1.165) is 6.07 Å². The summed E-state index contributed by atoms with van der Waals surface area (Å²) >= 11 is 0. The molecule has 0 aromatic heterocycles. The first-order chi connectivity index (χ1) is 10.0. The van der Waals surface area contributed by atoms with Crippen molar-refractivity contribution in [2.24, 2.45) is 5.92 Å². The van der Waals surface area contributed by atoms with E-state index >= 15 is 0 Å². The number of carboxylic acid groups (broad SMARTS) is 1. The zero-order valence-electron chi connectivity index (χ0n) is 12.4. The van der Waals surface area contributed by atoms with Crippen LogP contribution in [0.3, 0.4) is 0 Å². The van der Waals surface area contributed by atoms with Crippen LogP contribution in [0.15, 0.2) is 23.1 Å². The first-order valence-corrected chi connectivity index (χ1v) is 8.03. The van der Waals surface area contributed by atoms with Gasteiger partial charge in [0.1, 0.15) is 6.04 Å². The Bertz CT molecular complexity index is 684. The summed E-state index contributed by atoms with van der Waals surface area (Å²) in [5, 5.41) is 19.9. The third-order valence-corrected chi connectivity index (χ3v) is 4.59. The van der Waals surface area contributed by atoms with Crippen molar-refractivity contribution in [1.29, 1.82) is 0 Å². The van der Waals surface area contributed by atoms with Gasteiger partial charge in [-0.3, -0.25) is 14.9 Å². The molecule has 0 radical (unpaired) electrons. The second kappa shape index (κ2) is 6.84. The Morgan fingerprint density at radius 1 is 1.41 bits per heavy atom. The van der Waals surface area contributed by atoms with Crippen LogP contribution < -0.4 is 4.72 Å². The molecule has 8 nitrogen and oxygen atoms in total. The minimum Gasteiger partial charge on any atom is -0.480 e. The normalized spacial score (nSPS) is 13.1. The van der Waals surface area contributed by atoms with Gasteiger partial charge in [-0.05, 0) is 24.8 Å². The summed E-state index contributed by atoms with van der Waals surface area (Å²) in [4.78, 5) is 20.9. The van der Waals surface area contributed by atoms with Gasteiger partial charge in [0.25, 0.3) is 5.69 Å². The highest BCUT2D eigenvalue weighted by molar-refractivity contribution is 7.89. The molecule has 9 heteroatoms. The molecule has 122 valence electrons. The summed E-state index contributed by atoms with van der Waals surface area (Å²) in [6, 6.07) is 2.14. The lowest BCUT2D eigenvalue weighted by atomic mass is 10.1. The van der Waals surface area contributed by atoms with Crippen molar-refractivity contribution < 1.29 is 23.2 Å². The van der Waals surface area contributed by atoms with Crippen LogP contribution in [0.25, 0.3) is 0 Å². The van der Waals surface area contributed by atoms with Crippen molar-refractivity contribution in [3.8, 4) is 0 Å². The molecule has 0 saturated heterocycles. The van der Waals surface area contributed by atoms with Crippen LogP contribution in [0.5, 0.6) is 0 Å². The summed E-state index contributed by atoms with van der Waals surface area (Å²) in [5.74, 6) is -1.32. The van der Waals surface area contributed by atoms with Crippen LogP contribution in [0, 0.1) is 23.0 Å². The van der Waals surface area contributed by atoms with Crippen molar-refractivity contribution in [3.63, 3.8) is 0 Å². The van der Waals surface area contributed by atoms with E-state index in [9.17, 15) is 23.3 Å². The molecular formula is C13H18N2O6S. The molecule has 1 atom stereocenters. The van der Waals surface area contributed by atoms with E-state index in [4.69, 9.17) is 5.11 Å². The number of benzene rings is 1. The van der Waals surface area contributed by atoms with E-state index in [1.165, 1.54) is 19.1 Å². The molecule has 0 saturated carbocycles. The number of nitrogens with one attached hydrogen (secondary N) is 1. The van der Waals surface area contributed by atoms with Gasteiger partial charge in [-0.25, -0.2) is 8.42 Å². The third kappa shape index (κ3) is 4.50. The van der Waals surface area contributed by atoms with Crippen molar-refractivity contribution in [2.75, 3.05) is 0 Å². The van der Waals surface area contributed by atoms with Crippen LogP contribution in [0.1, 0.15) is 25.8 Å². The topological polar surface area (TPSA) is 127 Å². The minimum absolute atomic E-state index is 0.0324. The molecule has 0 bridgehead atoms. The molecule has 1 rings (SSSR count). The Balaban J connectivity index is 3.20. The van der Waals surface area contributed by atoms with Gasteiger partial charge in [-0.2, -0.15) is 4.72 Å². The molecule has 1 aromatic rings. The number of sulfonamides is 1. The summed E-state index contributed by atoms with van der Waals surface area (Å²) in [7, 11) is -4.17. The molecule has 0 heterocycles. The maximum Gasteiger partial charge on any atom is 0.321 e. The van der Waals surface area contributed by atoms with Crippen LogP contribution in [-0.2, 0) is 14.8 Å². The quantitative estimate of drug-likeness (QED) is 0.578.